The van der Waals surface area contributed by atoms with Gasteiger partial charge in [-0.15, -0.1) is 10.2 Å². The first-order valence-electron chi connectivity index (χ1n) is 5.37. The summed E-state index contributed by atoms with van der Waals surface area (Å²) in [5.74, 6) is 6.19. The number of aromatic nitrogens is 4. The number of hydrogen-bond donors (Lipinski definition) is 2. The van der Waals surface area contributed by atoms with Crippen molar-refractivity contribution in [3.05, 3.63) is 5.82 Å². The summed E-state index contributed by atoms with van der Waals surface area (Å²) in [4.78, 5) is 1.45. The Balaban J connectivity index is 2.37. The third kappa shape index (κ3) is 4.21. The molecular weight excluding hydrogens is 208 g/mol. The minimum atomic E-state index is 0.154. The monoisotopic (exact) mass is 228 g/mol. The third-order valence-corrected chi connectivity index (χ3v) is 2.54. The molecule has 1 rings (SSSR count). The Morgan fingerprint density at radius 3 is 2.75 bits per heavy atom. The summed E-state index contributed by atoms with van der Waals surface area (Å²) in [5.41, 5.74) is 2.77. The number of nitrogens with two attached hydrogens (primary N) is 1. The number of rotatable bonds is 7. The van der Waals surface area contributed by atoms with Gasteiger partial charge in [0, 0.05) is 19.6 Å². The van der Waals surface area contributed by atoms with Crippen molar-refractivity contribution in [3.8, 4) is 0 Å². The maximum absolute atomic E-state index is 5.48. The molecule has 0 spiro atoms. The van der Waals surface area contributed by atoms with Crippen molar-refractivity contribution < 1.29 is 4.74 Å². The lowest BCUT2D eigenvalue weighted by Gasteiger charge is -2.16. The topological polar surface area (TPSA) is 90.9 Å². The van der Waals surface area contributed by atoms with Gasteiger partial charge < -0.3 is 4.74 Å². The maximum Gasteiger partial charge on any atom is 0.176 e. The molecule has 0 aromatic carbocycles. The molecule has 1 aromatic heterocycles. The molecule has 0 bridgehead atoms. The molecule has 7 nitrogen and oxygen atoms in total. The Morgan fingerprint density at radius 2 is 2.25 bits per heavy atom. The minimum absolute atomic E-state index is 0.154. The summed E-state index contributed by atoms with van der Waals surface area (Å²) in [6, 6.07) is 0.154. The minimum Gasteiger partial charge on any atom is -0.382 e. The molecule has 0 radical (unpaired) electrons. The molecule has 1 heterocycles. The zero-order valence-electron chi connectivity index (χ0n) is 10.1. The number of nitrogens with one attached hydrogen (secondary N) is 1. The van der Waals surface area contributed by atoms with Crippen LogP contribution in [0.2, 0.25) is 0 Å². The van der Waals surface area contributed by atoms with Crippen LogP contribution in [0, 0.1) is 0 Å². The zero-order chi connectivity index (χ0) is 12.0. The van der Waals surface area contributed by atoms with Gasteiger partial charge in [0.15, 0.2) is 5.82 Å². The third-order valence-electron chi connectivity index (χ3n) is 2.54. The summed E-state index contributed by atoms with van der Waals surface area (Å²) in [6.45, 7) is 2.04. The predicted octanol–water partition coefficient (Wildman–Crippen LogP) is -0.600. The Hall–Kier alpha value is -1.05. The highest BCUT2D eigenvalue weighted by Gasteiger charge is 2.12. The Morgan fingerprint density at radius 1 is 1.50 bits per heavy atom. The van der Waals surface area contributed by atoms with Crippen molar-refractivity contribution in [1.82, 2.24) is 25.6 Å². The highest BCUT2D eigenvalue weighted by molar-refractivity contribution is 4.83. The number of nitrogens with zero attached hydrogens (tertiary/aromatic N) is 4. The van der Waals surface area contributed by atoms with Crippen molar-refractivity contribution in [2.75, 3.05) is 7.11 Å². The summed E-state index contributed by atoms with van der Waals surface area (Å²) < 4.78 is 5.18. The second kappa shape index (κ2) is 6.51. The number of hydrazine groups is 1. The van der Waals surface area contributed by atoms with Crippen LogP contribution in [0.5, 0.6) is 0 Å². The average molecular weight is 228 g/mol. The molecule has 1 aromatic rings. The van der Waals surface area contributed by atoms with Crippen molar-refractivity contribution in [2.45, 2.75) is 38.3 Å². The van der Waals surface area contributed by atoms with E-state index in [-0.39, 0.29) is 12.1 Å². The molecular formula is C9H20N6O. The molecule has 0 aliphatic heterocycles. The van der Waals surface area contributed by atoms with Crippen LogP contribution in [-0.4, -0.2) is 39.5 Å². The second-order valence-electron chi connectivity index (χ2n) is 3.89. The largest absolute Gasteiger partial charge is 0.382 e. The normalized spacial score (nSPS) is 15.0. The van der Waals surface area contributed by atoms with Gasteiger partial charge in [-0.1, -0.05) is 0 Å². The van der Waals surface area contributed by atoms with E-state index in [1.807, 2.05) is 6.92 Å². The molecule has 3 N–H and O–H groups in total. The Labute approximate surface area is 95.3 Å². The van der Waals surface area contributed by atoms with E-state index in [0.29, 0.717) is 12.2 Å². The van der Waals surface area contributed by atoms with Crippen molar-refractivity contribution >= 4 is 0 Å². The molecule has 7 heteroatoms. The fraction of sp³-hybridized carbons (Fsp3) is 0.889. The van der Waals surface area contributed by atoms with Gasteiger partial charge in [0.05, 0.1) is 13.2 Å². The molecule has 0 saturated carbocycles. The lowest BCUT2D eigenvalue weighted by atomic mass is 10.1. The average Bonchev–Trinajstić information content (AvgIpc) is 2.69. The lowest BCUT2D eigenvalue weighted by molar-refractivity contribution is 0.106. The van der Waals surface area contributed by atoms with Crippen molar-refractivity contribution in [2.24, 2.45) is 12.9 Å². The van der Waals surface area contributed by atoms with E-state index in [1.54, 1.807) is 14.2 Å². The van der Waals surface area contributed by atoms with Crippen LogP contribution in [-0.2, 0) is 18.2 Å². The fourth-order valence-electron chi connectivity index (χ4n) is 1.42. The molecule has 2 unspecified atom stereocenters. The predicted molar refractivity (Wildman–Crippen MR) is 59.3 cm³/mol. The van der Waals surface area contributed by atoms with Gasteiger partial charge in [0.1, 0.15) is 0 Å². The Bertz CT molecular complexity index is 302. The van der Waals surface area contributed by atoms with Crippen LogP contribution in [0.4, 0.5) is 0 Å². The van der Waals surface area contributed by atoms with Gasteiger partial charge in [0.2, 0.25) is 0 Å². The molecule has 0 aliphatic carbocycles. The molecule has 0 aliphatic rings. The maximum atomic E-state index is 5.48. The highest BCUT2D eigenvalue weighted by atomic mass is 16.5. The smallest absolute Gasteiger partial charge is 0.176 e. The van der Waals surface area contributed by atoms with E-state index >= 15 is 0 Å². The standard InChI is InChI=1S/C9H20N6O/c1-7(16-3)4-5-8(11-10)6-9-12-14-15(2)13-9/h7-8,11H,4-6,10H2,1-3H3. The number of aryl methyl sites for hydroxylation is 1. The first-order valence-corrected chi connectivity index (χ1v) is 5.37. The van der Waals surface area contributed by atoms with E-state index < -0.39 is 0 Å². The summed E-state index contributed by atoms with van der Waals surface area (Å²) >= 11 is 0. The SMILES string of the molecule is COC(C)CCC(Cc1nnn(C)n1)NN. The second-order valence-corrected chi connectivity index (χ2v) is 3.89. The van der Waals surface area contributed by atoms with Crippen LogP contribution in [0.3, 0.4) is 0 Å². The summed E-state index contributed by atoms with van der Waals surface area (Å²) in [6.07, 6.45) is 2.79. The highest BCUT2D eigenvalue weighted by Crippen LogP contribution is 2.06. The van der Waals surface area contributed by atoms with Gasteiger partial charge in [-0.05, 0) is 25.0 Å². The van der Waals surface area contributed by atoms with E-state index in [4.69, 9.17) is 10.6 Å². The Kier molecular flexibility index (Phi) is 5.30. The lowest BCUT2D eigenvalue weighted by Crippen LogP contribution is -2.37. The van der Waals surface area contributed by atoms with Gasteiger partial charge in [-0.2, -0.15) is 4.80 Å². The van der Waals surface area contributed by atoms with Gasteiger partial charge in [-0.25, -0.2) is 0 Å². The quantitative estimate of drug-likeness (QED) is 0.478. The number of hydrogen-bond acceptors (Lipinski definition) is 6. The van der Waals surface area contributed by atoms with E-state index in [9.17, 15) is 0 Å². The molecule has 2 atom stereocenters. The number of methoxy groups -OCH3 is 1. The van der Waals surface area contributed by atoms with Gasteiger partial charge in [0.25, 0.3) is 0 Å². The zero-order valence-corrected chi connectivity index (χ0v) is 10.1. The molecule has 16 heavy (non-hydrogen) atoms. The molecule has 0 amide bonds. The fourth-order valence-corrected chi connectivity index (χ4v) is 1.42. The van der Waals surface area contributed by atoms with Crippen molar-refractivity contribution in [3.63, 3.8) is 0 Å². The number of tetrazole rings is 1. The summed E-state index contributed by atoms with van der Waals surface area (Å²) in [7, 11) is 3.45. The number of ether oxygens (including phenoxy) is 1. The van der Waals surface area contributed by atoms with Crippen LogP contribution in [0.1, 0.15) is 25.6 Å². The first kappa shape index (κ1) is 13.0. The van der Waals surface area contributed by atoms with E-state index in [2.05, 4.69) is 20.8 Å². The van der Waals surface area contributed by atoms with Crippen LogP contribution >= 0.6 is 0 Å². The van der Waals surface area contributed by atoms with E-state index in [0.717, 1.165) is 12.8 Å². The van der Waals surface area contributed by atoms with Crippen molar-refractivity contribution in [1.29, 1.82) is 0 Å². The molecule has 0 saturated heterocycles. The van der Waals surface area contributed by atoms with Gasteiger partial charge in [-0.3, -0.25) is 11.3 Å². The van der Waals surface area contributed by atoms with E-state index in [1.165, 1.54) is 4.80 Å². The first-order chi connectivity index (χ1) is 7.65. The van der Waals surface area contributed by atoms with Crippen LogP contribution in [0.15, 0.2) is 0 Å². The summed E-state index contributed by atoms with van der Waals surface area (Å²) in [5, 5.41) is 11.8. The van der Waals surface area contributed by atoms with Gasteiger partial charge >= 0.3 is 0 Å². The molecule has 0 fully saturated rings. The van der Waals surface area contributed by atoms with Crippen LogP contribution in [0.25, 0.3) is 0 Å². The van der Waals surface area contributed by atoms with Crippen LogP contribution < -0.4 is 11.3 Å². The molecule has 92 valence electrons.